The van der Waals surface area contributed by atoms with Crippen molar-refractivity contribution in [3.8, 4) is 0 Å². The number of carbonyl (C=O) groups is 3. The van der Waals surface area contributed by atoms with Gasteiger partial charge < -0.3 is 5.32 Å². The number of sulfonamides is 1. The zero-order valence-corrected chi connectivity index (χ0v) is 19.1. The predicted molar refractivity (Wildman–Crippen MR) is 121 cm³/mol. The summed E-state index contributed by atoms with van der Waals surface area (Å²) in [6.07, 6.45) is 2.54. The molecule has 2 aliphatic heterocycles. The van der Waals surface area contributed by atoms with E-state index in [0.29, 0.717) is 18.0 Å². The molecule has 1 N–H and O–H groups in total. The Kier molecular flexibility index (Phi) is 6.19. The van der Waals surface area contributed by atoms with E-state index in [-0.39, 0.29) is 21.7 Å². The van der Waals surface area contributed by atoms with Crippen LogP contribution in [0.2, 0.25) is 0 Å². The molecule has 12 heteroatoms. The number of carbonyl (C=O) groups excluding carboxylic acids is 3. The topological polar surface area (TPSA) is 147 Å². The smallest absolute Gasteiger partial charge is 0.282 e. The molecule has 0 bridgehead atoms. The van der Waals surface area contributed by atoms with Crippen molar-refractivity contribution >= 4 is 39.1 Å². The molecule has 1 saturated heterocycles. The number of amides is 3. The van der Waals surface area contributed by atoms with E-state index >= 15 is 0 Å². The molecule has 2 aliphatic rings. The van der Waals surface area contributed by atoms with Gasteiger partial charge in [0.2, 0.25) is 15.9 Å². The molecular weight excluding hydrogens is 464 g/mol. The second-order valence-corrected chi connectivity index (χ2v) is 10.0. The molecule has 1 unspecified atom stereocenters. The number of piperidine rings is 1. The number of rotatable bonds is 6. The number of hydrogen-bond acceptors (Lipinski definition) is 7. The Morgan fingerprint density at radius 3 is 2.41 bits per heavy atom. The second kappa shape index (κ2) is 8.95. The molecule has 1 fully saturated rings. The van der Waals surface area contributed by atoms with Gasteiger partial charge in [0.05, 0.1) is 15.4 Å². The fourth-order valence-electron chi connectivity index (χ4n) is 4.14. The third-order valence-corrected chi connectivity index (χ3v) is 7.84. The summed E-state index contributed by atoms with van der Waals surface area (Å²) in [6, 6.07) is 8.15. The van der Waals surface area contributed by atoms with Crippen LogP contribution in [-0.4, -0.2) is 59.4 Å². The minimum atomic E-state index is -3.72. The van der Waals surface area contributed by atoms with E-state index in [2.05, 4.69) is 5.32 Å². The largest absolute Gasteiger partial charge is 0.324 e. The number of benzene rings is 2. The maximum atomic E-state index is 12.9. The first-order valence-corrected chi connectivity index (χ1v) is 12.1. The third-order valence-electron chi connectivity index (χ3n) is 5.94. The van der Waals surface area contributed by atoms with Crippen LogP contribution in [0.25, 0.3) is 0 Å². The van der Waals surface area contributed by atoms with Gasteiger partial charge in [-0.1, -0.05) is 18.6 Å². The SMILES string of the molecule is CC(C(=O)Nc1cccc(S(=O)(=O)N2CCCCC2)c1)N1C(=O)c2cccc([N+](=O)[O-])c2C1=O. The molecule has 0 aromatic heterocycles. The van der Waals surface area contributed by atoms with Crippen LogP contribution in [0, 0.1) is 10.1 Å². The summed E-state index contributed by atoms with van der Waals surface area (Å²) in [4.78, 5) is 49.7. The average Bonchev–Trinajstić information content (AvgIpc) is 3.09. The summed E-state index contributed by atoms with van der Waals surface area (Å²) in [5.41, 5.74) is -0.834. The normalized spacial score (nSPS) is 17.4. The highest BCUT2D eigenvalue weighted by Gasteiger charge is 2.44. The van der Waals surface area contributed by atoms with E-state index in [1.807, 2.05) is 0 Å². The number of nitro groups is 1. The zero-order chi connectivity index (χ0) is 24.6. The molecule has 11 nitrogen and oxygen atoms in total. The highest BCUT2D eigenvalue weighted by molar-refractivity contribution is 7.89. The lowest BCUT2D eigenvalue weighted by atomic mass is 10.1. The fraction of sp³-hybridized carbons (Fsp3) is 0.318. The molecule has 3 amide bonds. The summed E-state index contributed by atoms with van der Waals surface area (Å²) in [5.74, 6) is -2.49. The Bertz CT molecular complexity index is 1300. The summed E-state index contributed by atoms with van der Waals surface area (Å²) in [6.45, 7) is 2.18. The van der Waals surface area contributed by atoms with Crippen LogP contribution in [0.4, 0.5) is 11.4 Å². The lowest BCUT2D eigenvalue weighted by Gasteiger charge is -2.26. The Labute approximate surface area is 195 Å². The number of nitro benzene ring substituents is 1. The molecule has 2 heterocycles. The van der Waals surface area contributed by atoms with Crippen LogP contribution in [0.15, 0.2) is 47.4 Å². The second-order valence-electron chi connectivity index (χ2n) is 8.09. The Balaban J connectivity index is 1.54. The van der Waals surface area contributed by atoms with E-state index < -0.39 is 44.4 Å². The lowest BCUT2D eigenvalue weighted by Crippen LogP contribution is -2.45. The molecule has 0 spiro atoms. The molecule has 0 saturated carbocycles. The van der Waals surface area contributed by atoms with Crippen molar-refractivity contribution in [1.82, 2.24) is 9.21 Å². The summed E-state index contributed by atoms with van der Waals surface area (Å²) in [7, 11) is -3.72. The van der Waals surface area contributed by atoms with Gasteiger partial charge in [0, 0.05) is 24.8 Å². The third kappa shape index (κ3) is 4.05. The van der Waals surface area contributed by atoms with Crippen LogP contribution in [0.3, 0.4) is 0 Å². The summed E-state index contributed by atoms with van der Waals surface area (Å²) >= 11 is 0. The number of hydrogen-bond donors (Lipinski definition) is 1. The molecular formula is C22H22N4O7S. The highest BCUT2D eigenvalue weighted by Crippen LogP contribution is 2.32. The zero-order valence-electron chi connectivity index (χ0n) is 18.3. The van der Waals surface area contributed by atoms with E-state index in [1.54, 1.807) is 0 Å². The number of nitrogens with one attached hydrogen (secondary N) is 1. The lowest BCUT2D eigenvalue weighted by molar-refractivity contribution is -0.385. The van der Waals surface area contributed by atoms with Crippen molar-refractivity contribution in [2.75, 3.05) is 18.4 Å². The molecule has 0 aliphatic carbocycles. The van der Waals surface area contributed by atoms with Crippen molar-refractivity contribution in [2.45, 2.75) is 37.1 Å². The average molecular weight is 487 g/mol. The van der Waals surface area contributed by atoms with E-state index in [9.17, 15) is 32.9 Å². The Hall–Kier alpha value is -3.64. The summed E-state index contributed by atoms with van der Waals surface area (Å²) in [5, 5.41) is 13.8. The summed E-state index contributed by atoms with van der Waals surface area (Å²) < 4.78 is 27.3. The minimum Gasteiger partial charge on any atom is -0.324 e. The molecule has 4 rings (SSSR count). The van der Waals surface area contributed by atoms with Crippen molar-refractivity contribution in [1.29, 1.82) is 0 Å². The van der Waals surface area contributed by atoms with Crippen molar-refractivity contribution in [2.24, 2.45) is 0 Å². The van der Waals surface area contributed by atoms with Gasteiger partial charge in [-0.25, -0.2) is 8.42 Å². The quantitative estimate of drug-likeness (QED) is 0.374. The number of imide groups is 1. The molecule has 34 heavy (non-hydrogen) atoms. The molecule has 2 aromatic carbocycles. The van der Waals surface area contributed by atoms with Crippen LogP contribution in [0.1, 0.15) is 46.9 Å². The van der Waals surface area contributed by atoms with Crippen molar-refractivity contribution in [3.05, 3.63) is 63.7 Å². The van der Waals surface area contributed by atoms with Gasteiger partial charge in [0.1, 0.15) is 11.6 Å². The maximum absolute atomic E-state index is 12.9. The van der Waals surface area contributed by atoms with Gasteiger partial charge in [-0.15, -0.1) is 0 Å². The van der Waals surface area contributed by atoms with E-state index in [1.165, 1.54) is 47.6 Å². The van der Waals surface area contributed by atoms with Gasteiger partial charge in [-0.05, 0) is 44.0 Å². The van der Waals surface area contributed by atoms with Gasteiger partial charge in [0.15, 0.2) is 0 Å². The fourth-order valence-corrected chi connectivity index (χ4v) is 5.71. The van der Waals surface area contributed by atoms with Crippen LogP contribution >= 0.6 is 0 Å². The first-order chi connectivity index (χ1) is 16.1. The number of fused-ring (bicyclic) bond motifs is 1. The first-order valence-electron chi connectivity index (χ1n) is 10.7. The monoisotopic (exact) mass is 486 g/mol. The Morgan fingerprint density at radius 1 is 1.06 bits per heavy atom. The molecule has 0 radical (unpaired) electrons. The van der Waals surface area contributed by atoms with Crippen molar-refractivity contribution in [3.63, 3.8) is 0 Å². The van der Waals surface area contributed by atoms with Crippen LogP contribution < -0.4 is 5.32 Å². The van der Waals surface area contributed by atoms with Gasteiger partial charge in [-0.2, -0.15) is 4.31 Å². The first kappa shape index (κ1) is 23.5. The molecule has 2 aromatic rings. The number of nitrogens with zero attached hydrogens (tertiary/aromatic N) is 3. The van der Waals surface area contributed by atoms with E-state index in [0.717, 1.165) is 25.3 Å². The van der Waals surface area contributed by atoms with Gasteiger partial charge in [-0.3, -0.25) is 29.4 Å². The molecule has 1 atom stereocenters. The van der Waals surface area contributed by atoms with Crippen molar-refractivity contribution < 1.29 is 27.7 Å². The maximum Gasteiger partial charge on any atom is 0.282 e. The Morgan fingerprint density at radius 2 is 1.74 bits per heavy atom. The van der Waals surface area contributed by atoms with Gasteiger partial charge >= 0.3 is 0 Å². The van der Waals surface area contributed by atoms with Crippen LogP contribution in [0.5, 0.6) is 0 Å². The highest BCUT2D eigenvalue weighted by atomic mass is 32.2. The molecule has 178 valence electrons. The minimum absolute atomic E-state index is 0.0243. The van der Waals surface area contributed by atoms with E-state index in [4.69, 9.17) is 0 Å². The van der Waals surface area contributed by atoms with Gasteiger partial charge in [0.25, 0.3) is 17.5 Å². The standard InChI is InChI=1S/C22H22N4O7S/c1-14(25-21(28)17-9-6-10-18(26(30)31)19(17)22(25)29)20(27)23-15-7-5-8-16(13-15)34(32,33)24-11-3-2-4-12-24/h5-10,13-14H,2-4,11-12H2,1H3,(H,23,27). The predicted octanol–water partition coefficient (Wildman–Crippen LogP) is 2.39. The number of anilines is 1. The van der Waals surface area contributed by atoms with Crippen LogP contribution in [-0.2, 0) is 14.8 Å².